The SMILES string of the molecule is Cc1c(C(=O)NCC2CCCO2)sc2nc(C)n(C)c(=O)c12. The van der Waals surface area contributed by atoms with Gasteiger partial charge in [-0.2, -0.15) is 0 Å². The van der Waals surface area contributed by atoms with Gasteiger partial charge in [-0.05, 0) is 32.3 Å². The van der Waals surface area contributed by atoms with E-state index < -0.39 is 0 Å². The highest BCUT2D eigenvalue weighted by atomic mass is 32.1. The summed E-state index contributed by atoms with van der Waals surface area (Å²) in [6, 6.07) is 0. The van der Waals surface area contributed by atoms with Crippen molar-refractivity contribution >= 4 is 27.5 Å². The van der Waals surface area contributed by atoms with Gasteiger partial charge in [-0.15, -0.1) is 11.3 Å². The second-order valence-corrected chi connectivity index (χ2v) is 6.60. The van der Waals surface area contributed by atoms with Gasteiger partial charge in [0, 0.05) is 20.2 Å². The van der Waals surface area contributed by atoms with Gasteiger partial charge in [-0.1, -0.05) is 0 Å². The van der Waals surface area contributed by atoms with E-state index in [1.165, 1.54) is 15.9 Å². The summed E-state index contributed by atoms with van der Waals surface area (Å²) in [5, 5.41) is 3.44. The number of carbonyl (C=O) groups excluding carboxylic acids is 1. The van der Waals surface area contributed by atoms with Crippen LogP contribution in [0.5, 0.6) is 0 Å². The Morgan fingerprint density at radius 1 is 1.50 bits per heavy atom. The molecule has 2 aromatic heterocycles. The summed E-state index contributed by atoms with van der Waals surface area (Å²) in [5.41, 5.74) is 0.604. The number of hydrogen-bond acceptors (Lipinski definition) is 5. The van der Waals surface area contributed by atoms with Crippen molar-refractivity contribution in [2.24, 2.45) is 7.05 Å². The molecule has 2 aromatic rings. The van der Waals surface area contributed by atoms with Crippen LogP contribution in [0.25, 0.3) is 10.2 Å². The Morgan fingerprint density at radius 3 is 2.95 bits per heavy atom. The lowest BCUT2D eigenvalue weighted by atomic mass is 10.2. The van der Waals surface area contributed by atoms with Crippen LogP contribution in [0.1, 0.15) is 33.9 Å². The zero-order valence-corrected chi connectivity index (χ0v) is 13.7. The first kappa shape index (κ1) is 15.2. The maximum absolute atomic E-state index is 12.4. The number of hydrogen-bond donors (Lipinski definition) is 1. The molecule has 1 unspecified atom stereocenters. The Morgan fingerprint density at radius 2 is 2.27 bits per heavy atom. The highest BCUT2D eigenvalue weighted by Crippen LogP contribution is 2.27. The van der Waals surface area contributed by atoms with Crippen molar-refractivity contribution in [1.29, 1.82) is 0 Å². The van der Waals surface area contributed by atoms with Gasteiger partial charge in [0.25, 0.3) is 11.5 Å². The molecule has 3 rings (SSSR count). The third-order valence-corrected chi connectivity index (χ3v) is 5.30. The summed E-state index contributed by atoms with van der Waals surface area (Å²) in [6.45, 7) is 4.87. The number of ether oxygens (including phenoxy) is 1. The second kappa shape index (κ2) is 5.81. The Labute approximate surface area is 132 Å². The molecule has 1 saturated heterocycles. The number of thiophene rings is 1. The van der Waals surface area contributed by atoms with E-state index in [0.717, 1.165) is 19.4 Å². The third kappa shape index (κ3) is 2.55. The molecular formula is C15H19N3O3S. The van der Waals surface area contributed by atoms with E-state index in [1.807, 2.05) is 0 Å². The summed E-state index contributed by atoms with van der Waals surface area (Å²) >= 11 is 1.27. The van der Waals surface area contributed by atoms with Gasteiger partial charge in [-0.25, -0.2) is 4.98 Å². The van der Waals surface area contributed by atoms with Gasteiger partial charge < -0.3 is 10.1 Å². The first-order valence-corrected chi connectivity index (χ1v) is 8.17. The fraction of sp³-hybridized carbons (Fsp3) is 0.533. The van der Waals surface area contributed by atoms with Crippen LogP contribution < -0.4 is 10.9 Å². The molecule has 1 fully saturated rings. The fourth-order valence-corrected chi connectivity index (χ4v) is 3.81. The summed E-state index contributed by atoms with van der Waals surface area (Å²) in [6.07, 6.45) is 2.13. The maximum Gasteiger partial charge on any atom is 0.262 e. The summed E-state index contributed by atoms with van der Waals surface area (Å²) in [7, 11) is 1.69. The highest BCUT2D eigenvalue weighted by molar-refractivity contribution is 7.20. The van der Waals surface area contributed by atoms with Crippen molar-refractivity contribution in [2.45, 2.75) is 32.8 Å². The second-order valence-electron chi connectivity index (χ2n) is 5.60. The predicted molar refractivity (Wildman–Crippen MR) is 85.6 cm³/mol. The van der Waals surface area contributed by atoms with Crippen molar-refractivity contribution in [1.82, 2.24) is 14.9 Å². The largest absolute Gasteiger partial charge is 0.376 e. The van der Waals surface area contributed by atoms with Gasteiger partial charge in [0.1, 0.15) is 10.7 Å². The minimum atomic E-state index is -0.157. The lowest BCUT2D eigenvalue weighted by Crippen LogP contribution is -2.31. The van der Waals surface area contributed by atoms with E-state index >= 15 is 0 Å². The molecule has 6 nitrogen and oxygen atoms in total. The molecular weight excluding hydrogens is 302 g/mol. The highest BCUT2D eigenvalue weighted by Gasteiger charge is 2.21. The zero-order valence-electron chi connectivity index (χ0n) is 12.9. The molecule has 1 atom stereocenters. The molecule has 3 heterocycles. The molecule has 0 aliphatic carbocycles. The molecule has 1 N–H and O–H groups in total. The smallest absolute Gasteiger partial charge is 0.262 e. The van der Waals surface area contributed by atoms with Gasteiger partial charge in [0.15, 0.2) is 0 Å². The average Bonchev–Trinajstić information content (AvgIpc) is 3.10. The van der Waals surface area contributed by atoms with Crippen LogP contribution in [-0.4, -0.2) is 34.7 Å². The van der Waals surface area contributed by atoms with Gasteiger partial charge in [0.2, 0.25) is 0 Å². The number of fused-ring (bicyclic) bond motifs is 1. The molecule has 1 aliphatic heterocycles. The molecule has 1 amide bonds. The van der Waals surface area contributed by atoms with Gasteiger partial charge in [0.05, 0.1) is 16.4 Å². The molecule has 0 bridgehead atoms. The minimum absolute atomic E-state index is 0.102. The molecule has 7 heteroatoms. The molecule has 0 saturated carbocycles. The number of nitrogens with one attached hydrogen (secondary N) is 1. The monoisotopic (exact) mass is 321 g/mol. The van der Waals surface area contributed by atoms with E-state index in [9.17, 15) is 9.59 Å². The van der Waals surface area contributed by atoms with E-state index in [2.05, 4.69) is 10.3 Å². The molecule has 0 radical (unpaired) electrons. The van der Waals surface area contributed by atoms with Crippen molar-refractivity contribution in [3.63, 3.8) is 0 Å². The van der Waals surface area contributed by atoms with E-state index in [4.69, 9.17) is 4.74 Å². The van der Waals surface area contributed by atoms with Crippen molar-refractivity contribution in [3.05, 3.63) is 26.6 Å². The predicted octanol–water partition coefficient (Wildman–Crippen LogP) is 1.52. The van der Waals surface area contributed by atoms with Crippen molar-refractivity contribution in [2.75, 3.05) is 13.2 Å². The Balaban J connectivity index is 1.90. The van der Waals surface area contributed by atoms with Crippen LogP contribution >= 0.6 is 11.3 Å². The van der Waals surface area contributed by atoms with Crippen LogP contribution in [0.2, 0.25) is 0 Å². The quantitative estimate of drug-likeness (QED) is 0.930. The van der Waals surface area contributed by atoms with E-state index in [0.29, 0.717) is 33.0 Å². The lowest BCUT2D eigenvalue weighted by Gasteiger charge is -2.10. The Hall–Kier alpha value is -1.73. The minimum Gasteiger partial charge on any atom is -0.376 e. The number of amides is 1. The molecule has 0 aromatic carbocycles. The fourth-order valence-electron chi connectivity index (χ4n) is 2.67. The molecule has 1 aliphatic rings. The van der Waals surface area contributed by atoms with Crippen LogP contribution in [-0.2, 0) is 11.8 Å². The van der Waals surface area contributed by atoms with E-state index in [-0.39, 0.29) is 17.6 Å². The summed E-state index contributed by atoms with van der Waals surface area (Å²) < 4.78 is 7.01. The average molecular weight is 321 g/mol. The summed E-state index contributed by atoms with van der Waals surface area (Å²) in [5.74, 6) is 0.487. The lowest BCUT2D eigenvalue weighted by molar-refractivity contribution is 0.0860. The number of aromatic nitrogens is 2. The molecule has 118 valence electrons. The number of carbonyl (C=O) groups is 1. The number of aryl methyl sites for hydroxylation is 2. The van der Waals surface area contributed by atoms with Crippen molar-refractivity contribution < 1.29 is 9.53 Å². The zero-order chi connectivity index (χ0) is 15.9. The first-order chi connectivity index (χ1) is 10.5. The number of rotatable bonds is 3. The van der Waals surface area contributed by atoms with Crippen LogP contribution in [0.4, 0.5) is 0 Å². The van der Waals surface area contributed by atoms with Crippen LogP contribution in [0.15, 0.2) is 4.79 Å². The van der Waals surface area contributed by atoms with Crippen molar-refractivity contribution in [3.8, 4) is 0 Å². The summed E-state index contributed by atoms with van der Waals surface area (Å²) in [4.78, 5) is 30.3. The Bertz CT molecular complexity index is 787. The maximum atomic E-state index is 12.4. The normalized spacial score (nSPS) is 18.0. The molecule has 0 spiro atoms. The Kier molecular flexibility index (Phi) is 4.01. The number of nitrogens with zero attached hydrogens (tertiary/aromatic N) is 2. The van der Waals surface area contributed by atoms with Crippen LogP contribution in [0, 0.1) is 13.8 Å². The van der Waals surface area contributed by atoms with Gasteiger partial charge in [-0.3, -0.25) is 14.2 Å². The van der Waals surface area contributed by atoms with Crippen LogP contribution in [0.3, 0.4) is 0 Å². The first-order valence-electron chi connectivity index (χ1n) is 7.35. The topological polar surface area (TPSA) is 73.2 Å². The van der Waals surface area contributed by atoms with Gasteiger partial charge >= 0.3 is 0 Å². The van der Waals surface area contributed by atoms with E-state index in [1.54, 1.807) is 20.9 Å². The third-order valence-electron chi connectivity index (χ3n) is 4.12. The standard InChI is InChI=1S/C15H19N3O3S/c1-8-11-14(17-9(2)18(3)15(11)20)22-12(8)13(19)16-7-10-5-4-6-21-10/h10H,4-7H2,1-3H3,(H,16,19). The molecule has 22 heavy (non-hydrogen) atoms.